The minimum atomic E-state index is -3.50. The number of amides is 1. The molecule has 3 aromatic rings. The van der Waals surface area contributed by atoms with E-state index in [-0.39, 0.29) is 16.8 Å². The smallest absolute Gasteiger partial charge is 0.251 e. The lowest BCUT2D eigenvalue weighted by molar-refractivity contribution is 0.0940. The number of aryl methyl sites for hydroxylation is 1. The largest absolute Gasteiger partial charge is 0.346 e. The highest BCUT2D eigenvalue weighted by molar-refractivity contribution is 7.89. The fraction of sp³-hybridized carbons (Fsp3) is 0.304. The van der Waals surface area contributed by atoms with Crippen LogP contribution in [0.1, 0.15) is 48.4 Å². The predicted octanol–water partition coefficient (Wildman–Crippen LogP) is 3.70. The van der Waals surface area contributed by atoms with Crippen molar-refractivity contribution in [3.05, 3.63) is 77.6 Å². The van der Waals surface area contributed by atoms with E-state index in [4.69, 9.17) is 0 Å². The average molecular weight is 441 g/mol. The Bertz CT molecular complexity index is 1130. The van der Waals surface area contributed by atoms with Crippen LogP contribution in [0.2, 0.25) is 0 Å². The number of rotatable bonds is 8. The van der Waals surface area contributed by atoms with E-state index in [1.165, 1.54) is 4.31 Å². The van der Waals surface area contributed by atoms with Gasteiger partial charge in [0.25, 0.3) is 5.91 Å². The zero-order valence-electron chi connectivity index (χ0n) is 18.2. The van der Waals surface area contributed by atoms with Crippen LogP contribution >= 0.6 is 0 Å². The third-order valence-electron chi connectivity index (χ3n) is 5.28. The van der Waals surface area contributed by atoms with Gasteiger partial charge in [0.05, 0.1) is 16.6 Å². The van der Waals surface area contributed by atoms with Gasteiger partial charge in [0, 0.05) is 30.5 Å². The highest BCUT2D eigenvalue weighted by Crippen LogP contribution is 2.20. The zero-order valence-corrected chi connectivity index (χ0v) is 19.1. The first-order chi connectivity index (χ1) is 14.8. The van der Waals surface area contributed by atoms with Gasteiger partial charge in [-0.1, -0.05) is 26.0 Å². The van der Waals surface area contributed by atoms with E-state index >= 15 is 0 Å². The van der Waals surface area contributed by atoms with Gasteiger partial charge in [0.2, 0.25) is 10.0 Å². The van der Waals surface area contributed by atoms with Crippen LogP contribution in [0, 0.1) is 6.92 Å². The summed E-state index contributed by atoms with van der Waals surface area (Å²) in [6.45, 7) is 8.31. The van der Waals surface area contributed by atoms with Gasteiger partial charge in [-0.3, -0.25) is 4.79 Å². The molecule has 0 unspecified atom stereocenters. The zero-order chi connectivity index (χ0) is 22.6. The maximum atomic E-state index is 12.7. The quantitative estimate of drug-likeness (QED) is 0.579. The van der Waals surface area contributed by atoms with Crippen LogP contribution in [0.25, 0.3) is 5.69 Å². The van der Waals surface area contributed by atoms with E-state index in [2.05, 4.69) is 10.4 Å². The number of carbonyl (C=O) groups excluding carboxylic acids is 1. The highest BCUT2D eigenvalue weighted by atomic mass is 32.2. The van der Waals surface area contributed by atoms with Crippen molar-refractivity contribution >= 4 is 15.9 Å². The molecule has 1 N–H and O–H groups in total. The van der Waals surface area contributed by atoms with Crippen molar-refractivity contribution < 1.29 is 13.2 Å². The number of carbonyl (C=O) groups is 1. The third kappa shape index (κ3) is 4.86. The molecule has 0 aliphatic rings. The second-order valence-corrected chi connectivity index (χ2v) is 9.22. The van der Waals surface area contributed by atoms with Crippen LogP contribution in [0.5, 0.6) is 0 Å². The Kier molecular flexibility index (Phi) is 6.92. The Labute approximate surface area is 183 Å². The normalized spacial score (nSPS) is 12.7. The minimum Gasteiger partial charge on any atom is -0.346 e. The molecule has 0 bridgehead atoms. The molecule has 0 saturated carbocycles. The number of nitrogens with one attached hydrogen (secondary N) is 1. The van der Waals surface area contributed by atoms with E-state index in [9.17, 15) is 13.2 Å². The fourth-order valence-corrected chi connectivity index (χ4v) is 4.86. The first-order valence-corrected chi connectivity index (χ1v) is 11.7. The summed E-state index contributed by atoms with van der Waals surface area (Å²) in [6.07, 6.45) is 1.73. The summed E-state index contributed by atoms with van der Waals surface area (Å²) in [5, 5.41) is 7.23. The summed E-state index contributed by atoms with van der Waals surface area (Å²) in [7, 11) is -3.50. The number of aromatic nitrogens is 2. The number of hydrogen-bond donors (Lipinski definition) is 1. The Morgan fingerprint density at radius 1 is 1.03 bits per heavy atom. The van der Waals surface area contributed by atoms with Crippen molar-refractivity contribution in [2.45, 2.75) is 38.6 Å². The van der Waals surface area contributed by atoms with Gasteiger partial charge in [-0.05, 0) is 61.9 Å². The number of sulfonamides is 1. The van der Waals surface area contributed by atoms with E-state index < -0.39 is 10.0 Å². The lowest BCUT2D eigenvalue weighted by Gasteiger charge is -2.19. The summed E-state index contributed by atoms with van der Waals surface area (Å²) < 4.78 is 28.5. The molecule has 8 heteroatoms. The molecule has 1 atom stereocenters. The van der Waals surface area contributed by atoms with Gasteiger partial charge in [-0.25, -0.2) is 13.1 Å². The van der Waals surface area contributed by atoms with Gasteiger partial charge < -0.3 is 5.32 Å². The summed E-state index contributed by atoms with van der Waals surface area (Å²) in [4.78, 5) is 12.9. The topological polar surface area (TPSA) is 84.3 Å². The second-order valence-electron chi connectivity index (χ2n) is 7.28. The molecule has 1 aromatic heterocycles. The molecule has 0 saturated heterocycles. The lowest BCUT2D eigenvalue weighted by atomic mass is 10.1. The first-order valence-electron chi connectivity index (χ1n) is 10.3. The monoisotopic (exact) mass is 440 g/mol. The Hall–Kier alpha value is -2.97. The molecule has 0 spiro atoms. The van der Waals surface area contributed by atoms with Gasteiger partial charge in [0.15, 0.2) is 0 Å². The maximum Gasteiger partial charge on any atom is 0.251 e. The average Bonchev–Trinajstić information content (AvgIpc) is 3.20. The van der Waals surface area contributed by atoms with Crippen molar-refractivity contribution in [1.82, 2.24) is 19.4 Å². The number of nitrogens with zero attached hydrogens (tertiary/aromatic N) is 3. The van der Waals surface area contributed by atoms with Gasteiger partial charge in [-0.15, -0.1) is 0 Å². The summed E-state index contributed by atoms with van der Waals surface area (Å²) in [5.74, 6) is -0.198. The van der Waals surface area contributed by atoms with Crippen LogP contribution < -0.4 is 5.32 Å². The molecule has 2 aromatic carbocycles. The summed E-state index contributed by atoms with van der Waals surface area (Å²) in [5.41, 5.74) is 3.27. The summed E-state index contributed by atoms with van der Waals surface area (Å²) >= 11 is 0. The molecule has 164 valence electrons. The molecular formula is C23H28N4O3S. The minimum absolute atomic E-state index is 0.198. The van der Waals surface area contributed by atoms with E-state index in [1.807, 2.05) is 45.9 Å². The molecule has 1 amide bonds. The van der Waals surface area contributed by atoms with Gasteiger partial charge in [0.1, 0.15) is 0 Å². The summed E-state index contributed by atoms with van der Waals surface area (Å²) in [6, 6.07) is 15.5. The molecule has 7 nitrogen and oxygen atoms in total. The van der Waals surface area contributed by atoms with E-state index in [1.54, 1.807) is 47.3 Å². The standard InChI is InChI=1S/C23H28N4O3S/c1-5-26(6-2)31(29,30)22-13-9-19(10-14-22)18(4)25-23(28)20-7-11-21(12-8-20)27-17(3)15-16-24-27/h7-16,18H,5-6H2,1-4H3,(H,25,28)/t18-/m0/s1. The Morgan fingerprint density at radius 2 is 1.65 bits per heavy atom. The van der Waals surface area contributed by atoms with E-state index in [0.717, 1.165) is 16.9 Å². The molecule has 0 aliphatic carbocycles. The maximum absolute atomic E-state index is 12.7. The van der Waals surface area contributed by atoms with Crippen LogP contribution in [-0.2, 0) is 10.0 Å². The second kappa shape index (κ2) is 9.45. The number of hydrogen-bond acceptors (Lipinski definition) is 4. The van der Waals surface area contributed by atoms with Crippen LogP contribution in [0.4, 0.5) is 0 Å². The fourth-order valence-electron chi connectivity index (χ4n) is 3.40. The lowest BCUT2D eigenvalue weighted by Crippen LogP contribution is -2.30. The predicted molar refractivity (Wildman–Crippen MR) is 121 cm³/mol. The van der Waals surface area contributed by atoms with Crippen LogP contribution in [0.15, 0.2) is 65.7 Å². The van der Waals surface area contributed by atoms with Gasteiger partial charge in [-0.2, -0.15) is 9.40 Å². The van der Waals surface area contributed by atoms with Crippen molar-refractivity contribution in [2.24, 2.45) is 0 Å². The van der Waals surface area contributed by atoms with Gasteiger partial charge >= 0.3 is 0 Å². The molecule has 1 heterocycles. The van der Waals surface area contributed by atoms with Crippen molar-refractivity contribution in [3.63, 3.8) is 0 Å². The SMILES string of the molecule is CCN(CC)S(=O)(=O)c1ccc([C@H](C)NC(=O)c2ccc(-n3nccc3C)cc2)cc1. The van der Waals surface area contributed by atoms with E-state index in [0.29, 0.717) is 18.7 Å². The van der Waals surface area contributed by atoms with Crippen molar-refractivity contribution in [2.75, 3.05) is 13.1 Å². The van der Waals surface area contributed by atoms with Crippen LogP contribution in [0.3, 0.4) is 0 Å². The highest BCUT2D eigenvalue weighted by Gasteiger charge is 2.21. The van der Waals surface area contributed by atoms with Crippen LogP contribution in [-0.4, -0.2) is 41.5 Å². The molecular weight excluding hydrogens is 412 g/mol. The molecule has 0 aliphatic heterocycles. The molecule has 31 heavy (non-hydrogen) atoms. The third-order valence-corrected chi connectivity index (χ3v) is 7.34. The Balaban J connectivity index is 1.69. The molecule has 0 fully saturated rings. The van der Waals surface area contributed by atoms with Crippen molar-refractivity contribution in [1.29, 1.82) is 0 Å². The number of benzene rings is 2. The molecule has 3 rings (SSSR count). The Morgan fingerprint density at radius 3 is 2.16 bits per heavy atom. The first kappa shape index (κ1) is 22.7. The molecule has 0 radical (unpaired) electrons. The van der Waals surface area contributed by atoms with Crippen molar-refractivity contribution in [3.8, 4) is 5.69 Å².